The largest absolute Gasteiger partial charge is 0.480 e. The zero-order valence-corrected chi connectivity index (χ0v) is 10.9. The molecule has 0 spiro atoms. The van der Waals surface area contributed by atoms with Gasteiger partial charge in [-0.15, -0.1) is 0 Å². The summed E-state index contributed by atoms with van der Waals surface area (Å²) in [6, 6.07) is -0.609. The van der Waals surface area contributed by atoms with E-state index in [1.54, 1.807) is 0 Å². The molecule has 0 fully saturated rings. The number of carbonyl (C=O) groups is 1. The van der Waals surface area contributed by atoms with Crippen LogP contribution in [0.2, 0.25) is 0 Å². The molecular formula is C13H23NO3. The van der Waals surface area contributed by atoms with Crippen molar-refractivity contribution in [3.63, 3.8) is 0 Å². The van der Waals surface area contributed by atoms with Gasteiger partial charge in [0.1, 0.15) is 6.04 Å². The lowest BCUT2D eigenvalue weighted by Crippen LogP contribution is -2.44. The summed E-state index contributed by atoms with van der Waals surface area (Å²) in [7, 11) is 1.52. The number of hydrogen-bond acceptors (Lipinski definition) is 3. The normalized spacial score (nSPS) is 26.4. The Bertz CT molecular complexity index is 288. The molecule has 0 amide bonds. The third-order valence-electron chi connectivity index (χ3n) is 3.58. The van der Waals surface area contributed by atoms with E-state index in [-0.39, 0.29) is 6.61 Å². The van der Waals surface area contributed by atoms with Crippen LogP contribution in [0.1, 0.15) is 26.7 Å². The second-order valence-corrected chi connectivity index (χ2v) is 4.86. The van der Waals surface area contributed by atoms with Gasteiger partial charge in [-0.25, -0.2) is 0 Å². The summed E-state index contributed by atoms with van der Waals surface area (Å²) < 4.78 is 4.90. The molecule has 3 unspecified atom stereocenters. The molecule has 0 saturated heterocycles. The van der Waals surface area contributed by atoms with Crippen molar-refractivity contribution in [3.8, 4) is 0 Å². The number of methoxy groups -OCH3 is 1. The molecule has 0 aromatic rings. The molecule has 0 bridgehead atoms. The maximum absolute atomic E-state index is 11.0. The lowest BCUT2D eigenvalue weighted by atomic mass is 9.80. The Balaban J connectivity index is 2.50. The minimum atomic E-state index is -0.850. The SMILES string of the molecule is COCC(NCC1C(C)=CCCC1C)C(=O)O. The van der Waals surface area contributed by atoms with Gasteiger partial charge in [-0.05, 0) is 31.6 Å². The molecule has 98 valence electrons. The second-order valence-electron chi connectivity index (χ2n) is 4.86. The van der Waals surface area contributed by atoms with Crippen LogP contribution in [0.3, 0.4) is 0 Å². The number of allylic oxidation sites excluding steroid dienone is 1. The van der Waals surface area contributed by atoms with E-state index in [9.17, 15) is 4.79 Å². The van der Waals surface area contributed by atoms with E-state index in [0.717, 1.165) is 6.42 Å². The summed E-state index contributed by atoms with van der Waals surface area (Å²) >= 11 is 0. The van der Waals surface area contributed by atoms with Gasteiger partial charge < -0.3 is 15.2 Å². The van der Waals surface area contributed by atoms with E-state index in [0.29, 0.717) is 18.4 Å². The van der Waals surface area contributed by atoms with Crippen LogP contribution in [-0.2, 0) is 9.53 Å². The number of hydrogen-bond donors (Lipinski definition) is 2. The third kappa shape index (κ3) is 4.13. The molecule has 1 aliphatic rings. The van der Waals surface area contributed by atoms with Crippen LogP contribution in [0, 0.1) is 11.8 Å². The Hall–Kier alpha value is -0.870. The van der Waals surface area contributed by atoms with Gasteiger partial charge in [0.05, 0.1) is 6.61 Å². The van der Waals surface area contributed by atoms with E-state index < -0.39 is 12.0 Å². The molecular weight excluding hydrogens is 218 g/mol. The number of nitrogens with one attached hydrogen (secondary N) is 1. The number of rotatable bonds is 6. The first-order chi connectivity index (χ1) is 8.06. The van der Waals surface area contributed by atoms with Crippen molar-refractivity contribution in [3.05, 3.63) is 11.6 Å². The average Bonchev–Trinajstić information content (AvgIpc) is 2.26. The van der Waals surface area contributed by atoms with E-state index in [1.165, 1.54) is 19.1 Å². The number of carboxylic acid groups (broad SMARTS) is 1. The molecule has 0 aliphatic heterocycles. The third-order valence-corrected chi connectivity index (χ3v) is 3.58. The van der Waals surface area contributed by atoms with E-state index in [1.807, 2.05) is 0 Å². The quantitative estimate of drug-likeness (QED) is 0.694. The van der Waals surface area contributed by atoms with Crippen LogP contribution in [-0.4, -0.2) is 37.4 Å². The van der Waals surface area contributed by atoms with Crippen molar-refractivity contribution in [2.45, 2.75) is 32.7 Å². The summed E-state index contributed by atoms with van der Waals surface area (Å²) in [5.74, 6) is 0.212. The summed E-state index contributed by atoms with van der Waals surface area (Å²) in [4.78, 5) is 11.0. The molecule has 1 rings (SSSR count). The first kappa shape index (κ1) is 14.2. The van der Waals surface area contributed by atoms with Crippen molar-refractivity contribution < 1.29 is 14.6 Å². The fraction of sp³-hybridized carbons (Fsp3) is 0.769. The van der Waals surface area contributed by atoms with Crippen LogP contribution < -0.4 is 5.32 Å². The average molecular weight is 241 g/mol. The summed E-state index contributed by atoms with van der Waals surface area (Å²) in [5.41, 5.74) is 1.37. The van der Waals surface area contributed by atoms with Crippen molar-refractivity contribution >= 4 is 5.97 Å². The van der Waals surface area contributed by atoms with E-state index in [2.05, 4.69) is 25.2 Å². The van der Waals surface area contributed by atoms with Crippen LogP contribution in [0.15, 0.2) is 11.6 Å². The van der Waals surface area contributed by atoms with Crippen LogP contribution in [0.5, 0.6) is 0 Å². The predicted octanol–water partition coefficient (Wildman–Crippen LogP) is 1.67. The van der Waals surface area contributed by atoms with Crippen LogP contribution >= 0.6 is 0 Å². The van der Waals surface area contributed by atoms with Gasteiger partial charge >= 0.3 is 5.97 Å². The Labute approximate surface area is 103 Å². The fourth-order valence-corrected chi connectivity index (χ4v) is 2.39. The Kier molecular flexibility index (Phi) is 5.65. The highest BCUT2D eigenvalue weighted by molar-refractivity contribution is 5.73. The highest BCUT2D eigenvalue weighted by Gasteiger charge is 2.24. The highest BCUT2D eigenvalue weighted by Crippen LogP contribution is 2.29. The Morgan fingerprint density at radius 1 is 1.71 bits per heavy atom. The van der Waals surface area contributed by atoms with E-state index >= 15 is 0 Å². The standard InChI is InChI=1S/C13H23NO3/c1-9-5-4-6-10(2)11(9)7-14-12(8-17-3)13(15)16/h5,10-12,14H,4,6-8H2,1-3H3,(H,15,16). The van der Waals surface area contributed by atoms with Crippen molar-refractivity contribution in [1.82, 2.24) is 5.32 Å². The van der Waals surface area contributed by atoms with Crippen molar-refractivity contribution in [1.29, 1.82) is 0 Å². The van der Waals surface area contributed by atoms with Gasteiger partial charge in [-0.1, -0.05) is 18.6 Å². The molecule has 3 atom stereocenters. The van der Waals surface area contributed by atoms with Crippen LogP contribution in [0.25, 0.3) is 0 Å². The fourth-order valence-electron chi connectivity index (χ4n) is 2.39. The molecule has 17 heavy (non-hydrogen) atoms. The van der Waals surface area contributed by atoms with Crippen molar-refractivity contribution in [2.24, 2.45) is 11.8 Å². The summed E-state index contributed by atoms with van der Waals surface area (Å²) in [6.45, 7) is 5.28. The van der Waals surface area contributed by atoms with Gasteiger partial charge in [-0.3, -0.25) is 4.79 Å². The number of carboxylic acids is 1. The monoisotopic (exact) mass is 241 g/mol. The van der Waals surface area contributed by atoms with Gasteiger partial charge in [0.2, 0.25) is 0 Å². The Morgan fingerprint density at radius 3 is 2.94 bits per heavy atom. The molecule has 0 saturated carbocycles. The second kappa shape index (κ2) is 6.77. The highest BCUT2D eigenvalue weighted by atomic mass is 16.5. The molecule has 0 heterocycles. The zero-order chi connectivity index (χ0) is 12.8. The van der Waals surface area contributed by atoms with Gasteiger partial charge in [0.15, 0.2) is 0 Å². The molecule has 4 nitrogen and oxygen atoms in total. The first-order valence-electron chi connectivity index (χ1n) is 6.18. The zero-order valence-electron chi connectivity index (χ0n) is 10.9. The first-order valence-corrected chi connectivity index (χ1v) is 6.18. The van der Waals surface area contributed by atoms with Gasteiger partial charge in [0.25, 0.3) is 0 Å². The Morgan fingerprint density at radius 2 is 2.41 bits per heavy atom. The van der Waals surface area contributed by atoms with Gasteiger partial charge in [-0.2, -0.15) is 0 Å². The summed E-state index contributed by atoms with van der Waals surface area (Å²) in [5, 5.41) is 12.1. The lowest BCUT2D eigenvalue weighted by Gasteiger charge is -2.30. The molecule has 4 heteroatoms. The minimum Gasteiger partial charge on any atom is -0.480 e. The molecule has 0 aromatic heterocycles. The van der Waals surface area contributed by atoms with Crippen LogP contribution in [0.4, 0.5) is 0 Å². The molecule has 2 N–H and O–H groups in total. The molecule has 1 aliphatic carbocycles. The minimum absolute atomic E-state index is 0.208. The number of ether oxygens (including phenoxy) is 1. The topological polar surface area (TPSA) is 58.6 Å². The van der Waals surface area contributed by atoms with Crippen molar-refractivity contribution in [2.75, 3.05) is 20.3 Å². The number of aliphatic carboxylic acids is 1. The lowest BCUT2D eigenvalue weighted by molar-refractivity contribution is -0.140. The van der Waals surface area contributed by atoms with Gasteiger partial charge in [0, 0.05) is 13.7 Å². The predicted molar refractivity (Wildman–Crippen MR) is 66.9 cm³/mol. The summed E-state index contributed by atoms with van der Waals surface area (Å²) in [6.07, 6.45) is 4.59. The maximum Gasteiger partial charge on any atom is 0.323 e. The molecule has 0 aromatic carbocycles. The van der Waals surface area contributed by atoms with E-state index in [4.69, 9.17) is 9.84 Å². The maximum atomic E-state index is 11.0. The smallest absolute Gasteiger partial charge is 0.323 e. The molecule has 0 radical (unpaired) electrons.